The number of rotatable bonds is 3. The number of alkyl halides is 3. The summed E-state index contributed by atoms with van der Waals surface area (Å²) in [4.78, 5) is 4.39. The van der Waals surface area contributed by atoms with E-state index >= 15 is 0 Å². The number of hydrogen-bond acceptors (Lipinski definition) is 4. The number of anilines is 1. The number of hydrogen-bond donors (Lipinski definition) is 3. The Kier molecular flexibility index (Phi) is 4.31. The van der Waals surface area contributed by atoms with Gasteiger partial charge in [-0.15, -0.1) is 0 Å². The van der Waals surface area contributed by atoms with Gasteiger partial charge in [0.15, 0.2) is 0 Å². The van der Waals surface area contributed by atoms with Gasteiger partial charge in [0.25, 0.3) is 0 Å². The van der Waals surface area contributed by atoms with Crippen molar-refractivity contribution < 1.29 is 13.2 Å². The summed E-state index contributed by atoms with van der Waals surface area (Å²) in [6.07, 6.45) is -4.36. The van der Waals surface area contributed by atoms with Crippen molar-refractivity contribution in [2.24, 2.45) is 4.99 Å². The molecule has 0 saturated heterocycles. The summed E-state index contributed by atoms with van der Waals surface area (Å²) in [7, 11) is 0. The zero-order valence-corrected chi connectivity index (χ0v) is 13.1. The van der Waals surface area contributed by atoms with Crippen molar-refractivity contribution in [1.29, 1.82) is 5.41 Å². The molecule has 0 spiro atoms. The van der Waals surface area contributed by atoms with E-state index in [1.54, 1.807) is 30.3 Å². The Balaban J connectivity index is 2.09. The highest BCUT2D eigenvalue weighted by Crippen LogP contribution is 2.37. The highest BCUT2D eigenvalue weighted by molar-refractivity contribution is 6.07. The second-order valence-corrected chi connectivity index (χ2v) is 5.45. The first-order chi connectivity index (χ1) is 11.9. The van der Waals surface area contributed by atoms with Crippen molar-refractivity contribution in [2.75, 3.05) is 5.32 Å². The van der Waals surface area contributed by atoms with Gasteiger partial charge in [-0.25, -0.2) is 4.99 Å². The van der Waals surface area contributed by atoms with Crippen LogP contribution in [0.25, 0.3) is 0 Å². The van der Waals surface area contributed by atoms with Gasteiger partial charge in [0.1, 0.15) is 12.0 Å². The number of halogens is 3. The molecule has 1 atom stereocenters. The predicted molar refractivity (Wildman–Crippen MR) is 91.8 cm³/mol. The van der Waals surface area contributed by atoms with Gasteiger partial charge in [0.2, 0.25) is 0 Å². The van der Waals surface area contributed by atoms with E-state index in [9.17, 15) is 13.2 Å². The number of allylic oxidation sites excluding steroid dienone is 1. The van der Waals surface area contributed by atoms with Gasteiger partial charge in [0.05, 0.1) is 11.3 Å². The molecule has 2 aromatic carbocycles. The zero-order valence-electron chi connectivity index (χ0n) is 13.1. The van der Waals surface area contributed by atoms with Gasteiger partial charge >= 0.3 is 6.18 Å². The van der Waals surface area contributed by atoms with Crippen LogP contribution < -0.4 is 10.6 Å². The second-order valence-electron chi connectivity index (χ2n) is 5.45. The molecular formula is C18H15F3N4. The average molecular weight is 344 g/mol. The smallest absolute Gasteiger partial charge is 0.359 e. The maximum Gasteiger partial charge on any atom is 0.416 e. The fraction of sp³-hybridized carbons (Fsp3) is 0.111. The molecule has 1 unspecified atom stereocenters. The standard InChI is InChI=1S/C18H15F3N4/c1-11(10-22)23-17-13-7-3-5-9-15(13)24-16(25-17)12-6-2-4-8-14(12)18(19,20)21/h2-10,16,22,24H,1H2,(H,23,25). The molecule has 2 aromatic rings. The van der Waals surface area contributed by atoms with Crippen LogP contribution in [-0.2, 0) is 6.18 Å². The van der Waals surface area contributed by atoms with E-state index in [1.807, 2.05) is 0 Å². The summed E-state index contributed by atoms with van der Waals surface area (Å²) >= 11 is 0. The van der Waals surface area contributed by atoms with Crippen LogP contribution in [0.3, 0.4) is 0 Å². The van der Waals surface area contributed by atoms with E-state index in [0.717, 1.165) is 12.3 Å². The van der Waals surface area contributed by atoms with Crippen LogP contribution in [0.2, 0.25) is 0 Å². The molecule has 0 aromatic heterocycles. The lowest BCUT2D eigenvalue weighted by Gasteiger charge is -2.28. The minimum absolute atomic E-state index is 0.0317. The number of aliphatic imine (C=N–C) groups is 1. The molecule has 128 valence electrons. The molecule has 3 N–H and O–H groups in total. The molecule has 4 nitrogen and oxygen atoms in total. The van der Waals surface area contributed by atoms with E-state index in [4.69, 9.17) is 5.41 Å². The SMILES string of the molecule is C=C(C=N)NC1=NC(c2ccccc2C(F)(F)F)Nc2ccccc21. The summed E-state index contributed by atoms with van der Waals surface area (Å²) in [6, 6.07) is 12.5. The summed E-state index contributed by atoms with van der Waals surface area (Å²) in [5, 5.41) is 13.1. The van der Waals surface area contributed by atoms with Crippen LogP contribution in [0.1, 0.15) is 22.9 Å². The maximum absolute atomic E-state index is 13.3. The monoisotopic (exact) mass is 344 g/mol. The molecule has 3 rings (SSSR count). The van der Waals surface area contributed by atoms with Gasteiger partial charge in [-0.1, -0.05) is 36.9 Å². The molecule has 0 saturated carbocycles. The quantitative estimate of drug-likeness (QED) is 0.726. The number of fused-ring (bicyclic) bond motifs is 1. The van der Waals surface area contributed by atoms with Crippen LogP contribution >= 0.6 is 0 Å². The van der Waals surface area contributed by atoms with Crippen molar-refractivity contribution in [1.82, 2.24) is 5.32 Å². The van der Waals surface area contributed by atoms with Gasteiger partial charge in [0, 0.05) is 23.0 Å². The van der Waals surface area contributed by atoms with Crippen LogP contribution in [0.4, 0.5) is 18.9 Å². The third kappa shape index (κ3) is 3.40. The van der Waals surface area contributed by atoms with E-state index in [1.165, 1.54) is 12.1 Å². The van der Waals surface area contributed by atoms with Crippen molar-refractivity contribution in [2.45, 2.75) is 12.3 Å². The van der Waals surface area contributed by atoms with E-state index in [0.29, 0.717) is 22.8 Å². The van der Waals surface area contributed by atoms with Crippen molar-refractivity contribution >= 4 is 17.7 Å². The predicted octanol–water partition coefficient (Wildman–Crippen LogP) is 4.33. The molecule has 0 amide bonds. The lowest BCUT2D eigenvalue weighted by Crippen LogP contribution is -2.31. The first kappa shape index (κ1) is 16.8. The second kappa shape index (κ2) is 6.43. The lowest BCUT2D eigenvalue weighted by molar-refractivity contribution is -0.138. The molecule has 0 radical (unpaired) electrons. The van der Waals surface area contributed by atoms with Crippen molar-refractivity contribution in [3.63, 3.8) is 0 Å². The Labute approximate surface area is 142 Å². The normalized spacial score (nSPS) is 16.3. The third-order valence-corrected chi connectivity index (χ3v) is 3.75. The molecule has 0 bridgehead atoms. The Morgan fingerprint density at radius 1 is 1.16 bits per heavy atom. The highest BCUT2D eigenvalue weighted by Gasteiger charge is 2.36. The summed E-state index contributed by atoms with van der Waals surface area (Å²) in [5.41, 5.74) is 0.939. The average Bonchev–Trinajstić information content (AvgIpc) is 2.60. The van der Waals surface area contributed by atoms with E-state index in [2.05, 4.69) is 22.2 Å². The maximum atomic E-state index is 13.3. The fourth-order valence-corrected chi connectivity index (χ4v) is 2.62. The summed E-state index contributed by atoms with van der Waals surface area (Å²) in [6.45, 7) is 3.66. The van der Waals surface area contributed by atoms with Crippen LogP contribution in [-0.4, -0.2) is 12.1 Å². The number of nitrogens with one attached hydrogen (secondary N) is 3. The van der Waals surface area contributed by atoms with Gasteiger partial charge < -0.3 is 16.0 Å². The van der Waals surface area contributed by atoms with Crippen molar-refractivity contribution in [3.8, 4) is 0 Å². The molecule has 1 aliphatic heterocycles. The minimum Gasteiger partial charge on any atom is -0.359 e. The lowest BCUT2D eigenvalue weighted by atomic mass is 10.0. The molecule has 0 fully saturated rings. The molecule has 0 aliphatic carbocycles. The fourth-order valence-electron chi connectivity index (χ4n) is 2.62. The van der Waals surface area contributed by atoms with Gasteiger partial charge in [-0.2, -0.15) is 13.2 Å². The Morgan fingerprint density at radius 2 is 1.84 bits per heavy atom. The molecular weight excluding hydrogens is 329 g/mol. The Morgan fingerprint density at radius 3 is 2.56 bits per heavy atom. The van der Waals surface area contributed by atoms with Crippen LogP contribution in [0.15, 0.2) is 65.8 Å². The Bertz CT molecular complexity index is 855. The molecule has 25 heavy (non-hydrogen) atoms. The largest absolute Gasteiger partial charge is 0.416 e. The third-order valence-electron chi connectivity index (χ3n) is 3.75. The topological polar surface area (TPSA) is 60.3 Å². The van der Waals surface area contributed by atoms with Gasteiger partial charge in [-0.3, -0.25) is 0 Å². The zero-order chi connectivity index (χ0) is 18.0. The van der Waals surface area contributed by atoms with E-state index < -0.39 is 17.9 Å². The summed E-state index contributed by atoms with van der Waals surface area (Å²) < 4.78 is 40.0. The van der Waals surface area contributed by atoms with Crippen LogP contribution in [0, 0.1) is 5.41 Å². The first-order valence-corrected chi connectivity index (χ1v) is 7.46. The molecule has 7 heteroatoms. The molecule has 1 aliphatic rings. The minimum atomic E-state index is -4.48. The molecule has 1 heterocycles. The van der Waals surface area contributed by atoms with Gasteiger partial charge in [-0.05, 0) is 18.2 Å². The highest BCUT2D eigenvalue weighted by atomic mass is 19.4. The van der Waals surface area contributed by atoms with Crippen LogP contribution in [0.5, 0.6) is 0 Å². The van der Waals surface area contributed by atoms with E-state index in [-0.39, 0.29) is 5.56 Å². The van der Waals surface area contributed by atoms with Crippen molar-refractivity contribution in [3.05, 3.63) is 77.5 Å². The number of amidine groups is 1. The number of benzene rings is 2. The summed E-state index contributed by atoms with van der Waals surface area (Å²) in [5.74, 6) is 0.366. The first-order valence-electron chi connectivity index (χ1n) is 7.46. The number of nitrogens with zero attached hydrogens (tertiary/aromatic N) is 1. The number of para-hydroxylation sites is 1. The Hall–Kier alpha value is -3.09.